The minimum absolute atomic E-state index is 0.000794. The first-order valence-corrected chi connectivity index (χ1v) is 12.8. The maximum absolute atomic E-state index is 15.1. The van der Waals surface area contributed by atoms with E-state index in [9.17, 15) is 13.2 Å². The van der Waals surface area contributed by atoms with Crippen LogP contribution in [0.1, 0.15) is 43.1 Å². The van der Waals surface area contributed by atoms with Crippen LogP contribution >= 0.6 is 0 Å². The molecule has 0 aromatic heterocycles. The molecule has 2 atom stereocenters. The van der Waals surface area contributed by atoms with Crippen molar-refractivity contribution in [3.63, 3.8) is 0 Å². The first-order chi connectivity index (χ1) is 15.7. The molecule has 2 fully saturated rings. The van der Waals surface area contributed by atoms with Gasteiger partial charge in [-0.2, -0.15) is 4.31 Å². The van der Waals surface area contributed by atoms with Gasteiger partial charge in [0.1, 0.15) is 11.1 Å². The number of halogens is 1. The SMILES string of the molecule is CC(=O)N1CCN(c2ccc(CN3C(C)CCC(c4ccc(N)cc4)S3(=O)=O)c(F)c2)CC1. The van der Waals surface area contributed by atoms with Crippen LogP contribution in [-0.2, 0) is 21.4 Å². The number of hydrogen-bond acceptors (Lipinski definition) is 5. The van der Waals surface area contributed by atoms with Gasteiger partial charge in [0.05, 0.1) is 0 Å². The van der Waals surface area contributed by atoms with E-state index in [0.717, 1.165) is 5.69 Å². The van der Waals surface area contributed by atoms with Gasteiger partial charge in [-0.05, 0) is 49.6 Å². The van der Waals surface area contributed by atoms with Gasteiger partial charge in [0, 0.05) is 62.6 Å². The van der Waals surface area contributed by atoms with Crippen molar-refractivity contribution in [3.05, 3.63) is 59.4 Å². The zero-order valence-electron chi connectivity index (χ0n) is 19.1. The minimum atomic E-state index is -3.66. The lowest BCUT2D eigenvalue weighted by Crippen LogP contribution is -2.48. The third-order valence-electron chi connectivity index (χ3n) is 6.79. The van der Waals surface area contributed by atoms with Crippen LogP contribution in [0, 0.1) is 5.82 Å². The van der Waals surface area contributed by atoms with Crippen molar-refractivity contribution in [2.75, 3.05) is 36.8 Å². The number of nitrogens with two attached hydrogens (primary N) is 1. The summed E-state index contributed by atoms with van der Waals surface area (Å²) in [7, 11) is -3.66. The molecule has 0 saturated carbocycles. The van der Waals surface area contributed by atoms with Gasteiger partial charge in [0.25, 0.3) is 0 Å². The van der Waals surface area contributed by atoms with E-state index in [1.807, 2.05) is 17.9 Å². The van der Waals surface area contributed by atoms with E-state index in [-0.39, 0.29) is 18.5 Å². The summed E-state index contributed by atoms with van der Waals surface area (Å²) in [5.74, 6) is -0.371. The zero-order valence-corrected chi connectivity index (χ0v) is 19.9. The predicted molar refractivity (Wildman–Crippen MR) is 128 cm³/mol. The second-order valence-corrected chi connectivity index (χ2v) is 11.0. The number of amides is 1. The van der Waals surface area contributed by atoms with E-state index in [2.05, 4.69) is 0 Å². The third-order valence-corrected chi connectivity index (χ3v) is 9.16. The highest BCUT2D eigenvalue weighted by molar-refractivity contribution is 7.89. The summed E-state index contributed by atoms with van der Waals surface area (Å²) >= 11 is 0. The van der Waals surface area contributed by atoms with Gasteiger partial charge in [-0.25, -0.2) is 12.8 Å². The molecule has 2 aliphatic heterocycles. The summed E-state index contributed by atoms with van der Waals surface area (Å²) < 4.78 is 43.4. The van der Waals surface area contributed by atoms with Crippen molar-refractivity contribution in [3.8, 4) is 0 Å². The lowest BCUT2D eigenvalue weighted by Gasteiger charge is -2.38. The fourth-order valence-corrected chi connectivity index (χ4v) is 6.89. The second kappa shape index (κ2) is 9.30. The molecule has 0 radical (unpaired) electrons. The molecule has 1 amide bonds. The van der Waals surface area contributed by atoms with Crippen LogP contribution in [0.5, 0.6) is 0 Å². The number of carbonyl (C=O) groups is 1. The van der Waals surface area contributed by atoms with Crippen LogP contribution < -0.4 is 10.6 Å². The first kappa shape index (κ1) is 23.5. The predicted octanol–water partition coefficient (Wildman–Crippen LogP) is 3.13. The van der Waals surface area contributed by atoms with Crippen LogP contribution in [0.4, 0.5) is 15.8 Å². The molecule has 2 heterocycles. The lowest BCUT2D eigenvalue weighted by molar-refractivity contribution is -0.129. The highest BCUT2D eigenvalue weighted by Crippen LogP contribution is 2.38. The van der Waals surface area contributed by atoms with E-state index in [4.69, 9.17) is 5.73 Å². The van der Waals surface area contributed by atoms with Crippen molar-refractivity contribution in [2.24, 2.45) is 0 Å². The molecule has 4 rings (SSSR count). The Morgan fingerprint density at radius 2 is 1.73 bits per heavy atom. The fourth-order valence-electron chi connectivity index (χ4n) is 4.70. The highest BCUT2D eigenvalue weighted by Gasteiger charge is 2.40. The van der Waals surface area contributed by atoms with E-state index in [1.165, 1.54) is 10.4 Å². The Labute approximate surface area is 195 Å². The Morgan fingerprint density at radius 3 is 2.33 bits per heavy atom. The molecule has 2 aliphatic rings. The summed E-state index contributed by atoms with van der Waals surface area (Å²) in [5, 5.41) is -0.658. The average molecular weight is 475 g/mol. The molecule has 0 aliphatic carbocycles. The van der Waals surface area contributed by atoms with Crippen molar-refractivity contribution < 1.29 is 17.6 Å². The standard InChI is InChI=1S/C24H31FN4O3S/c1-17-3-10-24(19-4-7-21(26)8-5-19)33(31,32)29(17)16-20-6-9-22(15-23(20)25)28-13-11-27(12-14-28)18(2)30/h4-9,15,17,24H,3,10-14,16,26H2,1-2H3. The maximum atomic E-state index is 15.1. The number of carbonyl (C=O) groups excluding carboxylic acids is 1. The summed E-state index contributed by atoms with van der Waals surface area (Å²) in [6, 6.07) is 11.7. The van der Waals surface area contributed by atoms with E-state index in [0.29, 0.717) is 55.8 Å². The number of nitrogen functional groups attached to an aromatic ring is 1. The monoisotopic (exact) mass is 474 g/mol. The van der Waals surface area contributed by atoms with Crippen molar-refractivity contribution >= 4 is 27.3 Å². The average Bonchev–Trinajstić information content (AvgIpc) is 2.78. The van der Waals surface area contributed by atoms with Crippen LogP contribution in [0.3, 0.4) is 0 Å². The van der Waals surface area contributed by atoms with Crippen molar-refractivity contribution in [1.29, 1.82) is 0 Å². The van der Waals surface area contributed by atoms with Gasteiger partial charge >= 0.3 is 0 Å². The van der Waals surface area contributed by atoms with E-state index in [1.54, 1.807) is 42.2 Å². The quantitative estimate of drug-likeness (QED) is 0.688. The molecular weight excluding hydrogens is 443 g/mol. The Hall–Kier alpha value is -2.65. The van der Waals surface area contributed by atoms with Gasteiger partial charge in [0.15, 0.2) is 0 Å². The molecule has 33 heavy (non-hydrogen) atoms. The number of piperazine rings is 1. The molecular formula is C24H31FN4O3S. The van der Waals surface area contributed by atoms with E-state index < -0.39 is 21.1 Å². The number of benzene rings is 2. The van der Waals surface area contributed by atoms with Gasteiger partial charge in [-0.3, -0.25) is 4.79 Å². The zero-order chi connectivity index (χ0) is 23.8. The largest absolute Gasteiger partial charge is 0.399 e. The van der Waals surface area contributed by atoms with Crippen LogP contribution in [0.2, 0.25) is 0 Å². The van der Waals surface area contributed by atoms with Crippen LogP contribution in [0.25, 0.3) is 0 Å². The maximum Gasteiger partial charge on any atom is 0.221 e. The summed E-state index contributed by atoms with van der Waals surface area (Å²) in [4.78, 5) is 15.4. The molecule has 2 saturated heterocycles. The number of rotatable bonds is 4. The van der Waals surface area contributed by atoms with Crippen molar-refractivity contribution in [2.45, 2.75) is 44.5 Å². The first-order valence-electron chi connectivity index (χ1n) is 11.3. The molecule has 2 aromatic rings. The third kappa shape index (κ3) is 4.84. The normalized spacial score (nSPS) is 23.5. The summed E-state index contributed by atoms with van der Waals surface area (Å²) in [6.07, 6.45) is 1.23. The number of hydrogen-bond donors (Lipinski definition) is 1. The van der Waals surface area contributed by atoms with Gasteiger partial charge in [-0.1, -0.05) is 18.2 Å². The lowest BCUT2D eigenvalue weighted by atomic mass is 10.0. The number of nitrogens with zero attached hydrogens (tertiary/aromatic N) is 3. The second-order valence-electron chi connectivity index (χ2n) is 8.94. The Kier molecular flexibility index (Phi) is 6.63. The fraction of sp³-hybridized carbons (Fsp3) is 0.458. The Morgan fingerprint density at radius 1 is 1.06 bits per heavy atom. The van der Waals surface area contributed by atoms with Gasteiger partial charge in [-0.15, -0.1) is 0 Å². The Balaban J connectivity index is 1.51. The van der Waals surface area contributed by atoms with Crippen molar-refractivity contribution in [1.82, 2.24) is 9.21 Å². The molecule has 2 unspecified atom stereocenters. The summed E-state index contributed by atoms with van der Waals surface area (Å²) in [5.41, 5.74) is 8.15. The smallest absolute Gasteiger partial charge is 0.221 e. The topological polar surface area (TPSA) is 86.9 Å². The Bertz CT molecular complexity index is 1120. The molecule has 0 bridgehead atoms. The number of sulfonamides is 1. The van der Waals surface area contributed by atoms with Gasteiger partial charge < -0.3 is 15.5 Å². The van der Waals surface area contributed by atoms with E-state index >= 15 is 4.39 Å². The molecule has 2 N–H and O–H groups in total. The minimum Gasteiger partial charge on any atom is -0.399 e. The molecule has 9 heteroatoms. The molecule has 2 aromatic carbocycles. The molecule has 7 nitrogen and oxygen atoms in total. The van der Waals surface area contributed by atoms with Crippen LogP contribution in [-0.4, -0.2) is 55.8 Å². The van der Waals surface area contributed by atoms with Crippen LogP contribution in [0.15, 0.2) is 42.5 Å². The highest BCUT2D eigenvalue weighted by atomic mass is 32.2. The number of anilines is 2. The summed E-state index contributed by atoms with van der Waals surface area (Å²) in [6.45, 7) is 5.91. The van der Waals surface area contributed by atoms with Gasteiger partial charge in [0.2, 0.25) is 15.9 Å². The molecule has 0 spiro atoms. The molecule has 178 valence electrons.